The predicted octanol–water partition coefficient (Wildman–Crippen LogP) is 2.53. The molecule has 248 valence electrons. The van der Waals surface area contributed by atoms with E-state index in [4.69, 9.17) is 4.74 Å². The monoisotopic (exact) mass is 646 g/mol. The van der Waals surface area contributed by atoms with E-state index in [2.05, 4.69) is 20.7 Å². The number of likely N-dealkylation sites (tertiary alicyclic amines) is 1. The topological polar surface area (TPSA) is 146 Å². The van der Waals surface area contributed by atoms with Crippen molar-refractivity contribution in [2.75, 3.05) is 33.9 Å². The van der Waals surface area contributed by atoms with Gasteiger partial charge >= 0.3 is 5.97 Å². The fraction of sp³-hybridized carbons (Fsp3) is 0.515. The molecule has 3 atom stereocenters. The Hall–Kier alpha value is -3.67. The molecule has 1 saturated heterocycles. The predicted molar refractivity (Wildman–Crippen MR) is 173 cm³/mol. The van der Waals surface area contributed by atoms with Gasteiger partial charge in [-0.3, -0.25) is 19.2 Å². The highest BCUT2D eigenvalue weighted by atomic mass is 35.5. The number of hydrogen-bond donors (Lipinski definition) is 4. The summed E-state index contributed by atoms with van der Waals surface area (Å²) in [5.74, 6) is -0.864. The second-order valence-electron chi connectivity index (χ2n) is 11.0. The molecule has 2 aromatic carbocycles. The Morgan fingerprint density at radius 1 is 0.889 bits per heavy atom. The average Bonchev–Trinajstić information content (AvgIpc) is 3.05. The summed E-state index contributed by atoms with van der Waals surface area (Å²) in [7, 11) is 2.85. The van der Waals surface area contributed by atoms with Crippen LogP contribution in [0.2, 0.25) is 0 Å². The molecule has 4 N–H and O–H groups in total. The van der Waals surface area contributed by atoms with Crippen molar-refractivity contribution in [1.82, 2.24) is 20.9 Å². The molecule has 3 unspecified atom stereocenters. The first kappa shape index (κ1) is 37.5. The number of benzene rings is 2. The Bertz CT molecular complexity index is 1210. The third kappa shape index (κ3) is 13.5. The van der Waals surface area contributed by atoms with Crippen molar-refractivity contribution >= 4 is 36.1 Å². The van der Waals surface area contributed by atoms with Crippen LogP contribution in [0.15, 0.2) is 54.6 Å². The van der Waals surface area contributed by atoms with Crippen molar-refractivity contribution in [3.05, 3.63) is 65.7 Å². The summed E-state index contributed by atoms with van der Waals surface area (Å²) >= 11 is 0. The summed E-state index contributed by atoms with van der Waals surface area (Å²) in [5, 5.41) is 20.1. The molecule has 0 bridgehead atoms. The molecule has 3 amide bonds. The molecule has 1 fully saturated rings. The summed E-state index contributed by atoms with van der Waals surface area (Å²) < 4.78 is 9.90. The van der Waals surface area contributed by atoms with Crippen LogP contribution in [-0.2, 0) is 36.9 Å². The van der Waals surface area contributed by atoms with Crippen LogP contribution in [0.25, 0.3) is 0 Å². The largest absolute Gasteiger partial charge is 0.497 e. The van der Waals surface area contributed by atoms with E-state index in [-0.39, 0.29) is 50.5 Å². The number of hydrogen-bond acceptors (Lipinski definition) is 8. The number of nitrogens with zero attached hydrogens (tertiary/aromatic N) is 1. The summed E-state index contributed by atoms with van der Waals surface area (Å²) in [6, 6.07) is 15.4. The maximum atomic E-state index is 13.6. The molecule has 0 spiro atoms. The van der Waals surface area contributed by atoms with Gasteiger partial charge in [-0.25, -0.2) is 0 Å². The number of halogens is 1. The van der Waals surface area contributed by atoms with Crippen LogP contribution in [0.3, 0.4) is 0 Å². The Balaban J connectivity index is 0.00000705. The minimum atomic E-state index is -1.02. The number of aliphatic hydroxyl groups is 1. The molecule has 11 nitrogen and oxygen atoms in total. The molecule has 0 radical (unpaired) electrons. The van der Waals surface area contributed by atoms with E-state index in [1.807, 2.05) is 54.6 Å². The van der Waals surface area contributed by atoms with Gasteiger partial charge in [0.1, 0.15) is 11.8 Å². The molecule has 12 heteroatoms. The lowest BCUT2D eigenvalue weighted by Gasteiger charge is -2.29. The first-order valence-electron chi connectivity index (χ1n) is 15.3. The van der Waals surface area contributed by atoms with Gasteiger partial charge in [0.25, 0.3) is 0 Å². The molecule has 2 aromatic rings. The number of methoxy groups -OCH3 is 2. The van der Waals surface area contributed by atoms with Crippen LogP contribution in [0.1, 0.15) is 56.1 Å². The number of aliphatic hydroxyl groups excluding tert-OH is 1. The zero-order chi connectivity index (χ0) is 31.7. The van der Waals surface area contributed by atoms with Gasteiger partial charge in [0.05, 0.1) is 32.8 Å². The van der Waals surface area contributed by atoms with Gasteiger partial charge < -0.3 is 35.4 Å². The van der Waals surface area contributed by atoms with Gasteiger partial charge in [-0.05, 0) is 55.4 Å². The Kier molecular flexibility index (Phi) is 17.0. The minimum Gasteiger partial charge on any atom is -0.497 e. The van der Waals surface area contributed by atoms with Gasteiger partial charge in [-0.2, -0.15) is 0 Å². The van der Waals surface area contributed by atoms with Crippen LogP contribution in [0.5, 0.6) is 5.75 Å². The fourth-order valence-electron chi connectivity index (χ4n) is 5.15. The molecular formula is C33H47ClN4O7. The lowest BCUT2D eigenvalue weighted by atomic mass is 9.99. The number of nitrogens with one attached hydrogen (secondary N) is 3. The fourth-order valence-corrected chi connectivity index (χ4v) is 5.15. The normalized spacial score (nSPS) is 14.7. The summed E-state index contributed by atoms with van der Waals surface area (Å²) in [5.41, 5.74) is 1.90. The Morgan fingerprint density at radius 3 is 2.29 bits per heavy atom. The van der Waals surface area contributed by atoms with E-state index in [9.17, 15) is 24.3 Å². The van der Waals surface area contributed by atoms with Gasteiger partial charge in [0.2, 0.25) is 17.7 Å². The number of piperidine rings is 1. The summed E-state index contributed by atoms with van der Waals surface area (Å²) in [6.07, 6.45) is 2.27. The molecule has 0 aliphatic carbocycles. The SMILES string of the molecule is COC(=O)CCC(=O)NC(CCC(=O)N1CCCCC1)C(=O)NC(Cc1ccccc1)C(O)CNCc1cccc(OC)c1.Cl. The van der Waals surface area contributed by atoms with Gasteiger partial charge in [-0.15, -0.1) is 12.4 Å². The number of carbonyl (C=O) groups excluding carboxylic acids is 4. The molecular weight excluding hydrogens is 600 g/mol. The van der Waals surface area contributed by atoms with E-state index in [0.717, 1.165) is 36.1 Å². The zero-order valence-electron chi connectivity index (χ0n) is 26.2. The second-order valence-corrected chi connectivity index (χ2v) is 11.0. The number of amides is 3. The highest BCUT2D eigenvalue weighted by molar-refractivity contribution is 5.89. The van der Waals surface area contributed by atoms with E-state index in [1.165, 1.54) is 7.11 Å². The number of carbonyl (C=O) groups is 4. The smallest absolute Gasteiger partial charge is 0.306 e. The molecule has 1 aliphatic rings. The maximum Gasteiger partial charge on any atom is 0.306 e. The van der Waals surface area contributed by atoms with E-state index < -0.39 is 36.0 Å². The maximum absolute atomic E-state index is 13.6. The molecule has 1 aliphatic heterocycles. The van der Waals surface area contributed by atoms with Crippen LogP contribution < -0.4 is 20.7 Å². The highest BCUT2D eigenvalue weighted by Gasteiger charge is 2.28. The van der Waals surface area contributed by atoms with Crippen molar-refractivity contribution < 1.29 is 33.8 Å². The average molecular weight is 647 g/mol. The minimum absolute atomic E-state index is 0. The van der Waals surface area contributed by atoms with Crippen LogP contribution >= 0.6 is 12.4 Å². The summed E-state index contributed by atoms with van der Waals surface area (Å²) in [4.78, 5) is 52.6. The van der Waals surface area contributed by atoms with Gasteiger partial charge in [0.15, 0.2) is 0 Å². The molecule has 3 rings (SSSR count). The molecule has 0 saturated carbocycles. The van der Waals surface area contributed by atoms with Gasteiger partial charge in [-0.1, -0.05) is 42.5 Å². The van der Waals surface area contributed by atoms with Crippen LogP contribution in [-0.4, -0.2) is 85.7 Å². The van der Waals surface area contributed by atoms with E-state index in [1.54, 1.807) is 12.0 Å². The standard InChI is InChI=1S/C33H46N4O7.ClH/c1-43-26-13-9-12-25(20-26)22-34-23-29(38)28(21-24-10-5-3-6-11-24)36-33(42)27(35-30(39)15-17-32(41)44-2)14-16-31(40)37-18-7-4-8-19-37;/h3,5-6,9-13,20,27-29,34,38H,4,7-8,14-19,21-23H2,1-2H3,(H,35,39)(H,36,42);1H. The van der Waals surface area contributed by atoms with Crippen molar-refractivity contribution in [3.63, 3.8) is 0 Å². The Morgan fingerprint density at radius 2 is 1.60 bits per heavy atom. The zero-order valence-corrected chi connectivity index (χ0v) is 27.0. The number of rotatable bonds is 17. The van der Waals surface area contributed by atoms with E-state index in [0.29, 0.717) is 26.1 Å². The number of esters is 1. The van der Waals surface area contributed by atoms with Crippen LogP contribution in [0, 0.1) is 0 Å². The Labute approximate surface area is 271 Å². The second kappa shape index (κ2) is 20.4. The molecule has 1 heterocycles. The lowest BCUT2D eigenvalue weighted by molar-refractivity contribution is -0.142. The first-order valence-corrected chi connectivity index (χ1v) is 15.3. The van der Waals surface area contributed by atoms with Crippen molar-refractivity contribution in [3.8, 4) is 5.75 Å². The summed E-state index contributed by atoms with van der Waals surface area (Å²) in [6.45, 7) is 2.06. The molecule has 0 aromatic heterocycles. The van der Waals surface area contributed by atoms with Crippen LogP contribution in [0.4, 0.5) is 0 Å². The lowest BCUT2D eigenvalue weighted by Crippen LogP contribution is -2.55. The van der Waals surface area contributed by atoms with Gasteiger partial charge in [0, 0.05) is 39.0 Å². The third-order valence-corrected chi connectivity index (χ3v) is 7.70. The molecule has 45 heavy (non-hydrogen) atoms. The van der Waals surface area contributed by atoms with Crippen molar-refractivity contribution in [1.29, 1.82) is 0 Å². The van der Waals surface area contributed by atoms with Crippen molar-refractivity contribution in [2.45, 2.75) is 76.1 Å². The third-order valence-electron chi connectivity index (χ3n) is 7.70. The highest BCUT2D eigenvalue weighted by Crippen LogP contribution is 2.14. The van der Waals surface area contributed by atoms with E-state index >= 15 is 0 Å². The van der Waals surface area contributed by atoms with Crippen molar-refractivity contribution in [2.24, 2.45) is 0 Å². The first-order chi connectivity index (χ1) is 21.3. The quantitative estimate of drug-likeness (QED) is 0.192. The number of ether oxygens (including phenoxy) is 2.